The first-order valence-corrected chi connectivity index (χ1v) is 5.77. The predicted octanol–water partition coefficient (Wildman–Crippen LogP) is 3.29. The van der Waals surface area contributed by atoms with Crippen LogP contribution in [0.4, 0.5) is 5.69 Å². The molecule has 1 aromatic heterocycles. The second-order valence-electron chi connectivity index (χ2n) is 4.81. The van der Waals surface area contributed by atoms with Crippen molar-refractivity contribution in [2.45, 2.75) is 39.7 Å². The zero-order chi connectivity index (χ0) is 12.6. The Hall–Kier alpha value is -1.71. The van der Waals surface area contributed by atoms with Gasteiger partial charge in [0.05, 0.1) is 5.69 Å². The van der Waals surface area contributed by atoms with Crippen molar-refractivity contribution in [3.05, 3.63) is 18.0 Å². The largest absolute Gasteiger partial charge is 0.486 e. The minimum absolute atomic E-state index is 0.239. The van der Waals surface area contributed by atoms with Crippen molar-refractivity contribution in [1.29, 1.82) is 0 Å². The van der Waals surface area contributed by atoms with Crippen LogP contribution < -0.4 is 10.5 Å². The third-order valence-electron chi connectivity index (χ3n) is 2.86. The molecule has 2 aromatic rings. The molecular weight excluding hydrogens is 216 g/mol. The number of aryl methyl sites for hydroxylation is 1. The van der Waals surface area contributed by atoms with Crippen LogP contribution in [0.3, 0.4) is 0 Å². The molecule has 4 heteroatoms. The molecule has 0 saturated heterocycles. The number of hydrogen-bond donors (Lipinski definition) is 1. The molecule has 0 aliphatic rings. The maximum atomic E-state index is 5.95. The third-order valence-corrected chi connectivity index (χ3v) is 2.86. The molecule has 92 valence electrons. The monoisotopic (exact) mass is 234 g/mol. The molecule has 0 saturated carbocycles. The van der Waals surface area contributed by atoms with E-state index in [0.29, 0.717) is 22.9 Å². The van der Waals surface area contributed by atoms with E-state index in [1.165, 1.54) is 0 Å². The van der Waals surface area contributed by atoms with Gasteiger partial charge in [-0.25, -0.2) is 4.98 Å². The van der Waals surface area contributed by atoms with Crippen LogP contribution in [-0.4, -0.2) is 10.6 Å². The van der Waals surface area contributed by atoms with Gasteiger partial charge in [0.2, 0.25) is 0 Å². The van der Waals surface area contributed by atoms with Gasteiger partial charge in [-0.3, -0.25) is 0 Å². The van der Waals surface area contributed by atoms with Crippen LogP contribution in [0.2, 0.25) is 0 Å². The predicted molar refractivity (Wildman–Crippen MR) is 68.2 cm³/mol. The third kappa shape index (κ3) is 2.35. The van der Waals surface area contributed by atoms with E-state index in [-0.39, 0.29) is 5.60 Å². The topological polar surface area (TPSA) is 61.3 Å². The zero-order valence-electron chi connectivity index (χ0n) is 10.7. The number of hydrogen-bond acceptors (Lipinski definition) is 4. The average Bonchev–Trinajstić information content (AvgIpc) is 2.58. The molecule has 0 unspecified atom stereocenters. The van der Waals surface area contributed by atoms with Gasteiger partial charge in [-0.15, -0.1) is 0 Å². The van der Waals surface area contributed by atoms with Crippen molar-refractivity contribution in [1.82, 2.24) is 4.98 Å². The average molecular weight is 234 g/mol. The van der Waals surface area contributed by atoms with Crippen molar-refractivity contribution >= 4 is 16.8 Å². The molecule has 0 fully saturated rings. The molecule has 1 aromatic carbocycles. The lowest BCUT2D eigenvalue weighted by molar-refractivity contribution is 0.106. The number of nitrogens with two attached hydrogens (primary N) is 1. The van der Waals surface area contributed by atoms with E-state index in [4.69, 9.17) is 14.9 Å². The van der Waals surface area contributed by atoms with E-state index < -0.39 is 0 Å². The summed E-state index contributed by atoms with van der Waals surface area (Å²) < 4.78 is 11.4. The minimum atomic E-state index is -0.239. The van der Waals surface area contributed by atoms with Gasteiger partial charge >= 0.3 is 0 Å². The Morgan fingerprint density at radius 2 is 2.12 bits per heavy atom. The number of rotatable bonds is 3. The van der Waals surface area contributed by atoms with E-state index in [2.05, 4.69) is 11.9 Å². The van der Waals surface area contributed by atoms with E-state index >= 15 is 0 Å². The van der Waals surface area contributed by atoms with Gasteiger partial charge in [-0.05, 0) is 26.3 Å². The molecule has 0 atom stereocenters. The number of nitrogen functional groups attached to an aromatic ring is 1. The summed E-state index contributed by atoms with van der Waals surface area (Å²) in [5.41, 5.74) is 7.77. The normalized spacial score (nSPS) is 12.0. The number of benzene rings is 1. The molecular formula is C13H18N2O2. The van der Waals surface area contributed by atoms with Crippen molar-refractivity contribution in [2.75, 3.05) is 5.73 Å². The lowest BCUT2D eigenvalue weighted by Gasteiger charge is -2.25. The second kappa shape index (κ2) is 3.95. The van der Waals surface area contributed by atoms with E-state index in [0.717, 1.165) is 11.9 Å². The fraction of sp³-hybridized carbons (Fsp3) is 0.462. The molecule has 2 rings (SSSR count). The van der Waals surface area contributed by atoms with Crippen LogP contribution in [0.25, 0.3) is 11.1 Å². The van der Waals surface area contributed by atoms with Crippen LogP contribution in [0, 0.1) is 6.92 Å². The first kappa shape index (κ1) is 11.8. The zero-order valence-corrected chi connectivity index (χ0v) is 10.7. The van der Waals surface area contributed by atoms with Gasteiger partial charge in [0.25, 0.3) is 0 Å². The first-order chi connectivity index (χ1) is 7.91. The smallest absolute Gasteiger partial charge is 0.192 e. The molecule has 0 bridgehead atoms. The minimum Gasteiger partial charge on any atom is -0.486 e. The van der Waals surface area contributed by atoms with Gasteiger partial charge in [0, 0.05) is 13.0 Å². The summed E-state index contributed by atoms with van der Waals surface area (Å²) in [5.74, 6) is 1.28. The Balaban J connectivity index is 2.43. The van der Waals surface area contributed by atoms with Crippen molar-refractivity contribution in [2.24, 2.45) is 0 Å². The highest BCUT2D eigenvalue weighted by molar-refractivity contribution is 5.80. The first-order valence-electron chi connectivity index (χ1n) is 5.77. The Morgan fingerprint density at radius 1 is 1.41 bits per heavy atom. The van der Waals surface area contributed by atoms with Gasteiger partial charge < -0.3 is 14.9 Å². The lowest BCUT2D eigenvalue weighted by atomic mass is 10.1. The van der Waals surface area contributed by atoms with Gasteiger partial charge in [0.1, 0.15) is 16.9 Å². The highest BCUT2D eigenvalue weighted by Crippen LogP contribution is 2.31. The Morgan fingerprint density at radius 3 is 2.76 bits per heavy atom. The number of ether oxygens (including phenoxy) is 1. The summed E-state index contributed by atoms with van der Waals surface area (Å²) in [6.07, 6.45) is 0.903. The van der Waals surface area contributed by atoms with Crippen LogP contribution in [0.15, 0.2) is 16.5 Å². The number of aromatic nitrogens is 1. The summed E-state index contributed by atoms with van der Waals surface area (Å²) in [4.78, 5) is 4.23. The fourth-order valence-corrected chi connectivity index (χ4v) is 1.54. The maximum Gasteiger partial charge on any atom is 0.192 e. The molecule has 2 N–H and O–H groups in total. The molecule has 17 heavy (non-hydrogen) atoms. The summed E-state index contributed by atoms with van der Waals surface area (Å²) in [5, 5.41) is 0. The second-order valence-corrected chi connectivity index (χ2v) is 4.81. The highest BCUT2D eigenvalue weighted by atomic mass is 16.5. The molecule has 0 spiro atoms. The summed E-state index contributed by atoms with van der Waals surface area (Å²) >= 11 is 0. The molecule has 0 aliphatic carbocycles. The number of fused-ring (bicyclic) bond motifs is 1. The number of anilines is 1. The van der Waals surface area contributed by atoms with Crippen LogP contribution in [0.5, 0.6) is 5.75 Å². The van der Waals surface area contributed by atoms with E-state index in [1.807, 2.05) is 26.8 Å². The summed E-state index contributed by atoms with van der Waals surface area (Å²) in [6.45, 7) is 7.95. The van der Waals surface area contributed by atoms with Crippen molar-refractivity contribution in [3.8, 4) is 5.75 Å². The molecule has 0 amide bonds. The fourth-order valence-electron chi connectivity index (χ4n) is 1.54. The van der Waals surface area contributed by atoms with Crippen molar-refractivity contribution < 1.29 is 9.15 Å². The molecule has 0 aliphatic heterocycles. The summed E-state index contributed by atoms with van der Waals surface area (Å²) in [6, 6.07) is 3.59. The molecule has 1 heterocycles. The van der Waals surface area contributed by atoms with Crippen LogP contribution >= 0.6 is 0 Å². The molecule has 4 nitrogen and oxygen atoms in total. The van der Waals surface area contributed by atoms with Crippen LogP contribution in [0.1, 0.15) is 33.1 Å². The van der Waals surface area contributed by atoms with E-state index in [9.17, 15) is 0 Å². The quantitative estimate of drug-likeness (QED) is 0.828. The van der Waals surface area contributed by atoms with Gasteiger partial charge in [-0.2, -0.15) is 0 Å². The van der Waals surface area contributed by atoms with Crippen LogP contribution in [-0.2, 0) is 0 Å². The Bertz CT molecular complexity index is 544. The number of nitrogens with zero attached hydrogens (tertiary/aromatic N) is 1. The van der Waals surface area contributed by atoms with Gasteiger partial charge in [0.15, 0.2) is 11.5 Å². The lowest BCUT2D eigenvalue weighted by Crippen LogP contribution is -2.27. The summed E-state index contributed by atoms with van der Waals surface area (Å²) in [7, 11) is 0. The Labute approximate surface area is 101 Å². The molecule has 0 radical (unpaired) electrons. The van der Waals surface area contributed by atoms with Gasteiger partial charge in [-0.1, -0.05) is 6.92 Å². The Kier molecular flexibility index (Phi) is 2.73. The van der Waals surface area contributed by atoms with E-state index in [1.54, 1.807) is 6.07 Å². The number of oxazole rings is 1. The van der Waals surface area contributed by atoms with Crippen molar-refractivity contribution in [3.63, 3.8) is 0 Å². The standard InChI is InChI=1S/C13H18N2O2/c1-5-13(3,4)17-11-7-12-10(6-9(11)14)15-8(2)16-12/h6-7H,5,14H2,1-4H3. The SMILES string of the molecule is CCC(C)(C)Oc1cc2oc(C)nc2cc1N. The highest BCUT2D eigenvalue weighted by Gasteiger charge is 2.19. The maximum absolute atomic E-state index is 5.95.